The summed E-state index contributed by atoms with van der Waals surface area (Å²) in [5.74, 6) is 0. The third kappa shape index (κ3) is 3.12. The molecule has 1 unspecified atom stereocenters. The molecule has 0 radical (unpaired) electrons. The van der Waals surface area contributed by atoms with E-state index < -0.39 is 0 Å². The molecule has 0 nitrogen and oxygen atoms in total. The van der Waals surface area contributed by atoms with Crippen molar-refractivity contribution in [1.29, 1.82) is 0 Å². The molecule has 0 fully saturated rings. The Morgan fingerprint density at radius 2 is 2.43 bits per heavy atom. The van der Waals surface area contributed by atoms with Crippen LogP contribution < -0.4 is 0 Å². The van der Waals surface area contributed by atoms with Gasteiger partial charge in [0.25, 0.3) is 0 Å². The average molecular weight is 183 g/mol. The lowest BCUT2D eigenvalue weighted by Crippen LogP contribution is -1.94. The lowest BCUT2D eigenvalue weighted by atomic mass is 10.3. The van der Waals surface area contributed by atoms with Crippen LogP contribution in [0.5, 0.6) is 0 Å². The zero-order valence-electron chi connectivity index (χ0n) is 4.25. The van der Waals surface area contributed by atoms with Crippen molar-refractivity contribution in [2.24, 2.45) is 0 Å². The van der Waals surface area contributed by atoms with Crippen LogP contribution in [0.3, 0.4) is 0 Å². The first-order valence-electron chi connectivity index (χ1n) is 2.06. The van der Waals surface area contributed by atoms with Crippen LogP contribution in [0.15, 0.2) is 12.2 Å². The van der Waals surface area contributed by atoms with E-state index in [0.717, 1.165) is 10.9 Å². The first kappa shape index (κ1) is 7.51. The summed E-state index contributed by atoms with van der Waals surface area (Å²) >= 11 is 8.83. The Hall–Kier alpha value is 0.510. The van der Waals surface area contributed by atoms with Gasteiger partial charge >= 0.3 is 0 Å². The normalized spacial score (nSPS) is 13.6. The van der Waals surface area contributed by atoms with E-state index in [0.29, 0.717) is 0 Å². The lowest BCUT2D eigenvalue weighted by Gasteiger charge is -1.99. The van der Waals surface area contributed by atoms with E-state index in [9.17, 15) is 0 Å². The second kappa shape index (κ2) is 3.50. The summed E-state index contributed by atoms with van der Waals surface area (Å²) in [5, 5.41) is 0.900. The highest BCUT2D eigenvalue weighted by molar-refractivity contribution is 9.09. The van der Waals surface area contributed by atoms with Crippen molar-refractivity contribution in [1.82, 2.24) is 0 Å². The van der Waals surface area contributed by atoms with Crippen LogP contribution in [0.25, 0.3) is 0 Å². The van der Waals surface area contributed by atoms with Gasteiger partial charge in [-0.15, -0.1) is 11.6 Å². The minimum Gasteiger partial charge on any atom is -0.118 e. The summed E-state index contributed by atoms with van der Waals surface area (Å²) in [6, 6.07) is 0. The van der Waals surface area contributed by atoms with Crippen LogP contribution in [0, 0.1) is 0 Å². The maximum absolute atomic E-state index is 5.60. The molecular formula is C5H8BrCl. The Labute approximate surface area is 57.7 Å². The average Bonchev–Trinajstić information content (AvgIpc) is 1.65. The summed E-state index contributed by atoms with van der Waals surface area (Å²) in [5.41, 5.74) is 1.03. The molecule has 1 atom stereocenters. The van der Waals surface area contributed by atoms with E-state index in [2.05, 4.69) is 22.5 Å². The van der Waals surface area contributed by atoms with Gasteiger partial charge in [0.1, 0.15) is 0 Å². The third-order valence-corrected chi connectivity index (χ3v) is 1.76. The van der Waals surface area contributed by atoms with Crippen LogP contribution in [0.2, 0.25) is 0 Å². The molecule has 0 aliphatic rings. The van der Waals surface area contributed by atoms with Crippen LogP contribution in [-0.2, 0) is 0 Å². The van der Waals surface area contributed by atoms with Gasteiger partial charge in [-0.25, -0.2) is 0 Å². The molecule has 0 bridgehead atoms. The highest BCUT2D eigenvalue weighted by Gasteiger charge is 1.96. The summed E-state index contributed by atoms with van der Waals surface area (Å²) in [6.45, 7) is 5.60. The molecule has 0 aromatic rings. The Balaban J connectivity index is 3.35. The fourth-order valence-electron chi connectivity index (χ4n) is 0.106. The molecule has 0 spiro atoms. The molecule has 0 aromatic heterocycles. The van der Waals surface area contributed by atoms with Crippen molar-refractivity contribution in [2.45, 2.75) is 12.3 Å². The van der Waals surface area contributed by atoms with Crippen LogP contribution in [0.4, 0.5) is 0 Å². The van der Waals surface area contributed by atoms with Gasteiger partial charge in [-0.3, -0.25) is 0 Å². The Morgan fingerprint density at radius 3 is 2.43 bits per heavy atom. The quantitative estimate of drug-likeness (QED) is 0.456. The standard InChI is InChI=1S/C5H8BrCl/c1-4(3-6)5(2)7/h5H,1,3H2,2H3. The number of halogens is 2. The highest BCUT2D eigenvalue weighted by Crippen LogP contribution is 2.07. The SMILES string of the molecule is C=C(CBr)C(C)Cl. The Morgan fingerprint density at radius 1 is 2.00 bits per heavy atom. The van der Waals surface area contributed by atoms with Gasteiger partial charge in [0.2, 0.25) is 0 Å². The fourth-order valence-corrected chi connectivity index (χ4v) is 0.855. The minimum absolute atomic E-state index is 0.0966. The van der Waals surface area contributed by atoms with E-state index >= 15 is 0 Å². The highest BCUT2D eigenvalue weighted by atomic mass is 79.9. The number of allylic oxidation sites excluding steroid dienone is 1. The predicted octanol–water partition coefficient (Wildman–Crippen LogP) is 2.56. The number of rotatable bonds is 2. The molecule has 0 heterocycles. The molecule has 0 aliphatic heterocycles. The van der Waals surface area contributed by atoms with Gasteiger partial charge in [-0.2, -0.15) is 0 Å². The summed E-state index contributed by atoms with van der Waals surface area (Å²) in [6.07, 6.45) is 0. The molecule has 2 heteroatoms. The van der Waals surface area contributed by atoms with E-state index in [1.165, 1.54) is 0 Å². The zero-order valence-corrected chi connectivity index (χ0v) is 6.59. The number of alkyl halides is 2. The van der Waals surface area contributed by atoms with E-state index in [-0.39, 0.29) is 5.38 Å². The van der Waals surface area contributed by atoms with Crippen molar-refractivity contribution in [2.75, 3.05) is 5.33 Å². The molecule has 0 N–H and O–H groups in total. The maximum atomic E-state index is 5.60. The van der Waals surface area contributed by atoms with Gasteiger partial charge < -0.3 is 0 Å². The van der Waals surface area contributed by atoms with Gasteiger partial charge in [-0.05, 0) is 12.5 Å². The maximum Gasteiger partial charge on any atom is 0.0522 e. The van der Waals surface area contributed by atoms with Gasteiger partial charge in [-0.1, -0.05) is 22.5 Å². The molecule has 0 amide bonds. The van der Waals surface area contributed by atoms with Crippen molar-refractivity contribution >= 4 is 27.5 Å². The van der Waals surface area contributed by atoms with Crippen molar-refractivity contribution in [3.05, 3.63) is 12.2 Å². The first-order valence-corrected chi connectivity index (χ1v) is 3.62. The molecule has 0 aliphatic carbocycles. The summed E-state index contributed by atoms with van der Waals surface area (Å²) in [4.78, 5) is 0. The molecule has 0 saturated carbocycles. The molecule has 0 aromatic carbocycles. The van der Waals surface area contributed by atoms with Crippen LogP contribution >= 0.6 is 27.5 Å². The third-order valence-electron chi connectivity index (χ3n) is 0.734. The zero-order chi connectivity index (χ0) is 5.86. The second-order valence-electron chi connectivity index (χ2n) is 1.41. The molecule has 0 saturated heterocycles. The Kier molecular flexibility index (Phi) is 3.76. The van der Waals surface area contributed by atoms with Gasteiger partial charge in [0.15, 0.2) is 0 Å². The predicted molar refractivity (Wildman–Crippen MR) is 38.2 cm³/mol. The number of hydrogen-bond acceptors (Lipinski definition) is 0. The fraction of sp³-hybridized carbons (Fsp3) is 0.600. The topological polar surface area (TPSA) is 0 Å². The van der Waals surface area contributed by atoms with Crippen LogP contribution in [0.1, 0.15) is 6.92 Å². The molecule has 0 rings (SSSR count). The van der Waals surface area contributed by atoms with E-state index in [4.69, 9.17) is 11.6 Å². The molecule has 7 heavy (non-hydrogen) atoms. The lowest BCUT2D eigenvalue weighted by molar-refractivity contribution is 1.13. The van der Waals surface area contributed by atoms with Crippen molar-refractivity contribution < 1.29 is 0 Å². The Bertz CT molecular complexity index is 68.5. The van der Waals surface area contributed by atoms with E-state index in [1.54, 1.807) is 0 Å². The second-order valence-corrected chi connectivity index (χ2v) is 2.62. The molecule has 42 valence electrons. The van der Waals surface area contributed by atoms with Gasteiger partial charge in [0.05, 0.1) is 5.38 Å². The van der Waals surface area contributed by atoms with Crippen LogP contribution in [-0.4, -0.2) is 10.7 Å². The molecular weight excluding hydrogens is 175 g/mol. The largest absolute Gasteiger partial charge is 0.118 e. The van der Waals surface area contributed by atoms with Crippen molar-refractivity contribution in [3.63, 3.8) is 0 Å². The smallest absolute Gasteiger partial charge is 0.0522 e. The van der Waals surface area contributed by atoms with Crippen molar-refractivity contribution in [3.8, 4) is 0 Å². The minimum atomic E-state index is 0.0966. The first-order chi connectivity index (χ1) is 3.18. The summed E-state index contributed by atoms with van der Waals surface area (Å²) < 4.78 is 0. The summed E-state index contributed by atoms with van der Waals surface area (Å²) in [7, 11) is 0. The van der Waals surface area contributed by atoms with E-state index in [1.807, 2.05) is 6.92 Å². The van der Waals surface area contributed by atoms with Gasteiger partial charge in [0, 0.05) is 5.33 Å². The number of hydrogen-bond donors (Lipinski definition) is 0. The monoisotopic (exact) mass is 182 g/mol.